The molecule has 2 aromatic rings. The molecule has 25 heavy (non-hydrogen) atoms. The SMILES string of the molecule is COc1cc(C=NNC(=O)COc2ccc([N+](=O)[O-])cc2)ccc1O. The van der Waals surface area contributed by atoms with Crippen molar-refractivity contribution in [2.24, 2.45) is 5.10 Å². The first-order valence-electron chi connectivity index (χ1n) is 7.06. The van der Waals surface area contributed by atoms with Gasteiger partial charge in [0.1, 0.15) is 5.75 Å². The van der Waals surface area contributed by atoms with E-state index < -0.39 is 10.8 Å². The molecule has 2 rings (SSSR count). The van der Waals surface area contributed by atoms with Crippen LogP contribution in [0.5, 0.6) is 17.2 Å². The van der Waals surface area contributed by atoms with E-state index in [0.29, 0.717) is 11.3 Å². The molecule has 0 heterocycles. The lowest BCUT2D eigenvalue weighted by Gasteiger charge is -2.05. The Morgan fingerprint density at radius 3 is 2.68 bits per heavy atom. The average Bonchev–Trinajstić information content (AvgIpc) is 2.61. The molecule has 0 saturated heterocycles. The first kappa shape index (κ1) is 17.7. The predicted octanol–water partition coefficient (Wildman–Crippen LogP) is 1.84. The number of phenols is 1. The van der Waals surface area contributed by atoms with E-state index in [1.165, 1.54) is 43.7 Å². The van der Waals surface area contributed by atoms with Gasteiger partial charge in [-0.25, -0.2) is 5.43 Å². The molecule has 9 heteroatoms. The fourth-order valence-electron chi connectivity index (χ4n) is 1.80. The largest absolute Gasteiger partial charge is 0.504 e. The minimum Gasteiger partial charge on any atom is -0.504 e. The summed E-state index contributed by atoms with van der Waals surface area (Å²) >= 11 is 0. The van der Waals surface area contributed by atoms with Gasteiger partial charge in [0, 0.05) is 12.1 Å². The molecule has 2 aromatic carbocycles. The minimum absolute atomic E-state index is 0.000170. The lowest BCUT2D eigenvalue weighted by Crippen LogP contribution is -2.24. The van der Waals surface area contributed by atoms with Gasteiger partial charge < -0.3 is 14.6 Å². The maximum absolute atomic E-state index is 11.6. The van der Waals surface area contributed by atoms with Crippen LogP contribution in [-0.2, 0) is 4.79 Å². The van der Waals surface area contributed by atoms with Crippen molar-refractivity contribution < 1.29 is 24.3 Å². The molecule has 0 aromatic heterocycles. The molecule has 0 bridgehead atoms. The number of nitro groups is 1. The van der Waals surface area contributed by atoms with Gasteiger partial charge in [0.2, 0.25) is 0 Å². The zero-order valence-corrected chi connectivity index (χ0v) is 13.2. The van der Waals surface area contributed by atoms with E-state index in [4.69, 9.17) is 9.47 Å². The summed E-state index contributed by atoms with van der Waals surface area (Å²) in [7, 11) is 1.42. The Morgan fingerprint density at radius 2 is 2.04 bits per heavy atom. The maximum atomic E-state index is 11.6. The molecule has 1 amide bonds. The minimum atomic E-state index is -0.524. The van der Waals surface area contributed by atoms with Crippen molar-refractivity contribution in [3.05, 3.63) is 58.1 Å². The van der Waals surface area contributed by atoms with Crippen molar-refractivity contribution in [1.29, 1.82) is 0 Å². The number of nitro benzene ring substituents is 1. The number of benzene rings is 2. The smallest absolute Gasteiger partial charge is 0.277 e. The first-order valence-corrected chi connectivity index (χ1v) is 7.06. The van der Waals surface area contributed by atoms with E-state index in [-0.39, 0.29) is 23.8 Å². The van der Waals surface area contributed by atoms with Crippen LogP contribution in [0.2, 0.25) is 0 Å². The normalized spacial score (nSPS) is 10.4. The average molecular weight is 345 g/mol. The van der Waals surface area contributed by atoms with Gasteiger partial charge in [-0.1, -0.05) is 0 Å². The quantitative estimate of drug-likeness (QED) is 0.448. The number of nitrogens with zero attached hydrogens (tertiary/aromatic N) is 2. The van der Waals surface area contributed by atoms with Crippen LogP contribution in [0.1, 0.15) is 5.56 Å². The fourth-order valence-corrected chi connectivity index (χ4v) is 1.80. The Kier molecular flexibility index (Phi) is 5.88. The standard InChI is InChI=1S/C16H15N3O6/c1-24-15-8-11(2-7-14(15)20)9-17-18-16(21)10-25-13-5-3-12(4-6-13)19(22)23/h2-9,20H,10H2,1H3,(H,18,21). The molecule has 0 fully saturated rings. The summed E-state index contributed by atoms with van der Waals surface area (Å²) in [5.74, 6) is 0.116. The highest BCUT2D eigenvalue weighted by Gasteiger charge is 2.06. The molecule has 0 spiro atoms. The molecular weight excluding hydrogens is 330 g/mol. The van der Waals surface area contributed by atoms with Gasteiger partial charge in [-0.2, -0.15) is 5.10 Å². The van der Waals surface area contributed by atoms with Crippen molar-refractivity contribution in [2.45, 2.75) is 0 Å². The van der Waals surface area contributed by atoms with Crippen molar-refractivity contribution in [1.82, 2.24) is 5.43 Å². The number of hydrazone groups is 1. The van der Waals surface area contributed by atoms with Crippen LogP contribution in [0.15, 0.2) is 47.6 Å². The second-order valence-corrected chi connectivity index (χ2v) is 4.76. The lowest BCUT2D eigenvalue weighted by molar-refractivity contribution is -0.384. The van der Waals surface area contributed by atoms with Crippen molar-refractivity contribution in [3.63, 3.8) is 0 Å². The number of phenolic OH excluding ortho intramolecular Hbond substituents is 1. The Hall–Kier alpha value is -3.62. The number of methoxy groups -OCH3 is 1. The number of hydrogen-bond acceptors (Lipinski definition) is 7. The van der Waals surface area contributed by atoms with Crippen LogP contribution in [0, 0.1) is 10.1 Å². The molecular formula is C16H15N3O6. The van der Waals surface area contributed by atoms with E-state index in [1.807, 2.05) is 0 Å². The van der Waals surface area contributed by atoms with E-state index >= 15 is 0 Å². The molecule has 2 N–H and O–H groups in total. The Labute approximate surface area is 142 Å². The van der Waals surface area contributed by atoms with Crippen LogP contribution < -0.4 is 14.9 Å². The number of carbonyl (C=O) groups is 1. The molecule has 0 radical (unpaired) electrons. The molecule has 0 saturated carbocycles. The Balaban J connectivity index is 1.83. The van der Waals surface area contributed by atoms with Crippen molar-refractivity contribution in [2.75, 3.05) is 13.7 Å². The molecule has 130 valence electrons. The molecule has 0 unspecified atom stereocenters. The highest BCUT2D eigenvalue weighted by atomic mass is 16.6. The third-order valence-electron chi connectivity index (χ3n) is 3.02. The first-order chi connectivity index (χ1) is 12.0. The third kappa shape index (κ3) is 5.20. The van der Waals surface area contributed by atoms with Gasteiger partial charge in [0.15, 0.2) is 18.1 Å². The third-order valence-corrected chi connectivity index (χ3v) is 3.02. The van der Waals surface area contributed by atoms with Crippen LogP contribution in [0.4, 0.5) is 5.69 Å². The van der Waals surface area contributed by atoms with Crippen molar-refractivity contribution in [3.8, 4) is 17.2 Å². The summed E-state index contributed by atoms with van der Waals surface area (Å²) in [6.45, 7) is -0.298. The summed E-state index contributed by atoms with van der Waals surface area (Å²) in [4.78, 5) is 21.6. The summed E-state index contributed by atoms with van der Waals surface area (Å²) in [6.07, 6.45) is 1.38. The second kappa shape index (κ2) is 8.29. The zero-order valence-electron chi connectivity index (χ0n) is 13.2. The highest BCUT2D eigenvalue weighted by molar-refractivity contribution is 5.83. The topological polar surface area (TPSA) is 123 Å². The van der Waals surface area contributed by atoms with Crippen LogP contribution in [-0.4, -0.2) is 35.9 Å². The highest BCUT2D eigenvalue weighted by Crippen LogP contribution is 2.25. The van der Waals surface area contributed by atoms with E-state index in [0.717, 1.165) is 0 Å². The Morgan fingerprint density at radius 1 is 1.32 bits per heavy atom. The molecule has 0 aliphatic rings. The van der Waals surface area contributed by atoms with Gasteiger partial charge in [-0.3, -0.25) is 14.9 Å². The number of rotatable bonds is 7. The molecule has 0 aliphatic carbocycles. The summed E-state index contributed by atoms with van der Waals surface area (Å²) < 4.78 is 10.2. The fraction of sp³-hybridized carbons (Fsp3) is 0.125. The zero-order chi connectivity index (χ0) is 18.2. The number of amides is 1. The Bertz CT molecular complexity index is 789. The number of ether oxygens (including phenoxy) is 2. The number of nitrogens with one attached hydrogen (secondary N) is 1. The molecule has 9 nitrogen and oxygen atoms in total. The number of aromatic hydroxyl groups is 1. The summed E-state index contributed by atoms with van der Waals surface area (Å²) in [5, 5.41) is 23.8. The summed E-state index contributed by atoms with van der Waals surface area (Å²) in [6, 6.07) is 9.96. The van der Waals surface area contributed by atoms with Crippen molar-refractivity contribution >= 4 is 17.8 Å². The monoisotopic (exact) mass is 345 g/mol. The van der Waals surface area contributed by atoms with E-state index in [1.54, 1.807) is 12.1 Å². The number of hydrogen-bond donors (Lipinski definition) is 2. The second-order valence-electron chi connectivity index (χ2n) is 4.76. The van der Waals surface area contributed by atoms with Gasteiger partial charge in [0.25, 0.3) is 11.6 Å². The molecule has 0 aliphatic heterocycles. The number of non-ortho nitro benzene ring substituents is 1. The molecule has 0 atom stereocenters. The van der Waals surface area contributed by atoms with Gasteiger partial charge in [-0.05, 0) is 35.9 Å². The number of carbonyl (C=O) groups excluding carboxylic acids is 1. The van der Waals surface area contributed by atoms with E-state index in [9.17, 15) is 20.0 Å². The van der Waals surface area contributed by atoms with Crippen LogP contribution in [0.3, 0.4) is 0 Å². The summed E-state index contributed by atoms with van der Waals surface area (Å²) in [5.41, 5.74) is 2.83. The predicted molar refractivity (Wildman–Crippen MR) is 89.0 cm³/mol. The van der Waals surface area contributed by atoms with Gasteiger partial charge in [-0.15, -0.1) is 0 Å². The van der Waals surface area contributed by atoms with Crippen LogP contribution >= 0.6 is 0 Å². The van der Waals surface area contributed by atoms with Gasteiger partial charge >= 0.3 is 0 Å². The maximum Gasteiger partial charge on any atom is 0.277 e. The van der Waals surface area contributed by atoms with Crippen LogP contribution in [0.25, 0.3) is 0 Å². The van der Waals surface area contributed by atoms with E-state index in [2.05, 4.69) is 10.5 Å². The van der Waals surface area contributed by atoms with Gasteiger partial charge in [0.05, 0.1) is 18.2 Å². The lowest BCUT2D eigenvalue weighted by atomic mass is 10.2.